The van der Waals surface area contributed by atoms with E-state index in [1.165, 1.54) is 11.0 Å². The van der Waals surface area contributed by atoms with E-state index in [0.29, 0.717) is 25.1 Å². The highest BCUT2D eigenvalue weighted by molar-refractivity contribution is 7.91. The van der Waals surface area contributed by atoms with Crippen LogP contribution in [0.3, 0.4) is 0 Å². The highest BCUT2D eigenvalue weighted by atomic mass is 32.2. The summed E-state index contributed by atoms with van der Waals surface area (Å²) in [6.07, 6.45) is 11.9. The minimum Gasteiger partial charge on any atom is -0.472 e. The second-order valence-electron chi connectivity index (χ2n) is 16.1. The first kappa shape index (κ1) is 36.9. The van der Waals surface area contributed by atoms with Crippen LogP contribution in [-0.4, -0.2) is 84.2 Å². The standard InChI is InChI=1S/C39H49N5O8S/c1-4-27-21-39(27,36(47)43-53(49,50)29-14-15-29)42-33(45)31-20-28-22-44(31)35(46)32(26-10-6-5-7-11-26)41-37(48)51-23-38(2,3)17-8-9-24-12-13-25-16-18-40-34(52-28)30(25)19-24/h4,8-9,12-13,16,18-19,26-29,31-32H,1,5-7,10-11,14-15,17,20-23H2,2-3H3,(H,41,48)(H,42,45)(H,43,47)/b9-8+/t27-,28-,31+,32+,39?/m1/s1. The first-order valence-corrected chi connectivity index (χ1v) is 20.3. The Hall–Kier alpha value is -4.46. The molecule has 1 saturated heterocycles. The number of aromatic nitrogens is 1. The smallest absolute Gasteiger partial charge is 0.407 e. The highest BCUT2D eigenvalue weighted by Crippen LogP contribution is 2.45. The summed E-state index contributed by atoms with van der Waals surface area (Å²) in [7, 11) is -3.88. The Labute approximate surface area is 310 Å². The van der Waals surface area contributed by atoms with Crippen LogP contribution in [0.2, 0.25) is 0 Å². The third kappa shape index (κ3) is 7.92. The van der Waals surface area contributed by atoms with Gasteiger partial charge in [0.2, 0.25) is 27.7 Å². The first-order chi connectivity index (χ1) is 25.3. The van der Waals surface area contributed by atoms with Crippen LogP contribution >= 0.6 is 0 Å². The lowest BCUT2D eigenvalue weighted by Crippen LogP contribution is -2.59. The lowest BCUT2D eigenvalue weighted by atomic mass is 9.83. The van der Waals surface area contributed by atoms with Crippen molar-refractivity contribution >= 4 is 50.7 Å². The molecule has 3 heterocycles. The molecule has 4 bridgehead atoms. The average molecular weight is 748 g/mol. The van der Waals surface area contributed by atoms with Crippen LogP contribution in [0.4, 0.5) is 4.79 Å². The molecule has 3 saturated carbocycles. The van der Waals surface area contributed by atoms with E-state index in [4.69, 9.17) is 9.47 Å². The second-order valence-corrected chi connectivity index (χ2v) is 18.1. The number of allylic oxidation sites excluding steroid dienone is 1. The molecule has 2 aliphatic heterocycles. The van der Waals surface area contributed by atoms with Crippen LogP contribution in [0.5, 0.6) is 5.88 Å². The lowest BCUT2D eigenvalue weighted by Gasteiger charge is -2.35. The predicted octanol–water partition coefficient (Wildman–Crippen LogP) is 4.37. The number of sulfonamides is 1. The number of nitrogens with zero attached hydrogens (tertiary/aromatic N) is 2. The number of pyridine rings is 1. The van der Waals surface area contributed by atoms with Gasteiger partial charge in [-0.3, -0.25) is 19.1 Å². The van der Waals surface area contributed by atoms with Crippen molar-refractivity contribution in [3.63, 3.8) is 0 Å². The van der Waals surface area contributed by atoms with E-state index < -0.39 is 74.1 Å². The second kappa shape index (κ2) is 14.4. The molecule has 0 radical (unpaired) electrons. The summed E-state index contributed by atoms with van der Waals surface area (Å²) in [6.45, 7) is 7.94. The van der Waals surface area contributed by atoms with E-state index in [1.54, 1.807) is 6.20 Å². The van der Waals surface area contributed by atoms with Crippen molar-refractivity contribution in [3.8, 4) is 5.88 Å². The number of amides is 4. The number of hydrogen-bond acceptors (Lipinski definition) is 9. The van der Waals surface area contributed by atoms with Gasteiger partial charge in [0.1, 0.15) is 23.7 Å². The maximum atomic E-state index is 14.7. The van der Waals surface area contributed by atoms with Gasteiger partial charge >= 0.3 is 6.09 Å². The van der Waals surface area contributed by atoms with Crippen molar-refractivity contribution in [3.05, 3.63) is 54.8 Å². The number of benzene rings is 1. The fourth-order valence-corrected chi connectivity index (χ4v) is 9.30. The number of carbonyl (C=O) groups excluding carboxylic acids is 4. The van der Waals surface area contributed by atoms with Crippen LogP contribution in [0, 0.1) is 17.3 Å². The number of rotatable bonds is 7. The normalized spacial score (nSPS) is 29.9. The average Bonchev–Trinajstić information content (AvgIpc) is 4.06. The summed E-state index contributed by atoms with van der Waals surface area (Å²) in [6, 6.07) is 5.79. The van der Waals surface area contributed by atoms with E-state index in [9.17, 15) is 27.6 Å². The van der Waals surface area contributed by atoms with Crippen LogP contribution in [0.15, 0.2) is 49.2 Å². The maximum Gasteiger partial charge on any atom is 0.407 e. The fraction of sp³-hybridized carbons (Fsp3) is 0.564. The topological polar surface area (TPSA) is 173 Å². The van der Waals surface area contributed by atoms with E-state index >= 15 is 0 Å². The third-order valence-electron chi connectivity index (χ3n) is 11.4. The molecular formula is C39H49N5O8S. The van der Waals surface area contributed by atoms with Crippen LogP contribution in [0.25, 0.3) is 16.8 Å². The summed E-state index contributed by atoms with van der Waals surface area (Å²) in [5, 5.41) is 6.77. The molecule has 13 nitrogen and oxygen atoms in total. The molecule has 4 amide bonds. The Balaban J connectivity index is 1.23. The zero-order valence-corrected chi connectivity index (χ0v) is 31.2. The zero-order valence-electron chi connectivity index (χ0n) is 30.3. The van der Waals surface area contributed by atoms with Crippen molar-refractivity contribution in [2.24, 2.45) is 17.3 Å². The van der Waals surface area contributed by atoms with Gasteiger partial charge in [-0.2, -0.15) is 0 Å². The van der Waals surface area contributed by atoms with Gasteiger partial charge in [-0.25, -0.2) is 18.2 Å². The molecule has 3 aliphatic carbocycles. The molecule has 3 N–H and O–H groups in total. The van der Waals surface area contributed by atoms with Gasteiger partial charge in [-0.1, -0.05) is 63.5 Å². The molecule has 5 aliphatic rings. The Morgan fingerprint density at radius 3 is 2.58 bits per heavy atom. The quantitative estimate of drug-likeness (QED) is 0.348. The third-order valence-corrected chi connectivity index (χ3v) is 13.2. The van der Waals surface area contributed by atoms with Crippen molar-refractivity contribution in [1.29, 1.82) is 0 Å². The van der Waals surface area contributed by atoms with Gasteiger partial charge in [0.15, 0.2) is 0 Å². The largest absolute Gasteiger partial charge is 0.472 e. The van der Waals surface area contributed by atoms with E-state index in [-0.39, 0.29) is 31.9 Å². The minimum absolute atomic E-state index is 0.0156. The Kier molecular flexibility index (Phi) is 10.0. The Bertz CT molecular complexity index is 1940. The summed E-state index contributed by atoms with van der Waals surface area (Å²) in [5.74, 6) is -2.20. The van der Waals surface area contributed by atoms with Gasteiger partial charge in [-0.05, 0) is 67.5 Å². The number of carbonyl (C=O) groups is 4. The van der Waals surface area contributed by atoms with Gasteiger partial charge < -0.3 is 25.0 Å². The molecule has 2 aromatic rings. The molecule has 7 rings (SSSR count). The van der Waals surface area contributed by atoms with Gasteiger partial charge in [0.05, 0.1) is 18.4 Å². The minimum atomic E-state index is -3.88. The number of hydrogen-bond donors (Lipinski definition) is 3. The van der Waals surface area contributed by atoms with E-state index in [2.05, 4.69) is 26.9 Å². The van der Waals surface area contributed by atoms with Crippen LogP contribution in [0.1, 0.15) is 83.6 Å². The van der Waals surface area contributed by atoms with Crippen LogP contribution < -0.4 is 20.1 Å². The summed E-state index contributed by atoms with van der Waals surface area (Å²) >= 11 is 0. The number of alkyl carbamates (subject to hydrolysis) is 1. The molecule has 284 valence electrons. The van der Waals surface area contributed by atoms with Crippen molar-refractivity contribution in [2.75, 3.05) is 13.2 Å². The molecule has 53 heavy (non-hydrogen) atoms. The molecule has 0 spiro atoms. The molecule has 14 heteroatoms. The number of ether oxygens (including phenoxy) is 2. The maximum absolute atomic E-state index is 14.7. The van der Waals surface area contributed by atoms with Crippen LogP contribution in [-0.2, 0) is 29.1 Å². The zero-order chi connectivity index (χ0) is 37.5. The SMILES string of the molecule is C=C[C@@H]1CC1(NC(=O)[C@@H]1C[C@@H]2CN1C(=O)[C@H](C1CCCCC1)NC(=O)OCC(C)(C)C/C=C/c1ccc3ccnc(c3c1)O2)C(=O)NS(=O)(=O)C1CC1. The van der Waals surface area contributed by atoms with E-state index in [1.807, 2.05) is 50.3 Å². The van der Waals surface area contributed by atoms with Crippen molar-refractivity contribution in [2.45, 2.75) is 107 Å². The number of fused-ring (bicyclic) bond motifs is 3. The highest BCUT2D eigenvalue weighted by Gasteiger charge is 2.62. The van der Waals surface area contributed by atoms with Gasteiger partial charge in [-0.15, -0.1) is 6.58 Å². The molecule has 4 fully saturated rings. The lowest BCUT2D eigenvalue weighted by molar-refractivity contribution is -0.142. The fourth-order valence-electron chi connectivity index (χ4n) is 7.94. The summed E-state index contributed by atoms with van der Waals surface area (Å²) in [4.78, 5) is 62.0. The van der Waals surface area contributed by atoms with Crippen molar-refractivity contribution in [1.82, 2.24) is 25.2 Å². The Morgan fingerprint density at radius 1 is 1.09 bits per heavy atom. The molecule has 1 aromatic carbocycles. The van der Waals surface area contributed by atoms with E-state index in [0.717, 1.165) is 48.4 Å². The molecular weight excluding hydrogens is 699 g/mol. The first-order valence-electron chi connectivity index (χ1n) is 18.7. The number of nitrogens with one attached hydrogen (secondary N) is 3. The molecule has 1 aromatic heterocycles. The Morgan fingerprint density at radius 2 is 1.87 bits per heavy atom. The molecule has 5 atom stereocenters. The summed E-state index contributed by atoms with van der Waals surface area (Å²) < 4.78 is 39.9. The predicted molar refractivity (Wildman–Crippen MR) is 198 cm³/mol. The number of cyclic esters (lactones) is 1. The molecule has 1 unspecified atom stereocenters. The summed E-state index contributed by atoms with van der Waals surface area (Å²) in [5.41, 5.74) is -0.997. The monoisotopic (exact) mass is 747 g/mol. The van der Waals surface area contributed by atoms with Gasteiger partial charge in [0.25, 0.3) is 5.91 Å². The van der Waals surface area contributed by atoms with Crippen molar-refractivity contribution < 1.29 is 37.1 Å². The van der Waals surface area contributed by atoms with Gasteiger partial charge in [0, 0.05) is 29.3 Å².